The molecule has 0 fully saturated rings. The minimum atomic E-state index is -1.47. The second kappa shape index (κ2) is 12.3. The van der Waals surface area contributed by atoms with Crippen molar-refractivity contribution in [1.29, 1.82) is 0 Å². The molecule has 0 amide bonds. The molecule has 0 bridgehead atoms. The Morgan fingerprint density at radius 3 is 2.30 bits per heavy atom. The van der Waals surface area contributed by atoms with Crippen molar-refractivity contribution in [3.63, 3.8) is 0 Å². The smallest absolute Gasteiger partial charge is 0.313 e. The third-order valence-corrected chi connectivity index (χ3v) is 3.93. The van der Waals surface area contributed by atoms with E-state index in [4.69, 9.17) is 9.47 Å². The molecule has 0 aliphatic carbocycles. The van der Waals surface area contributed by atoms with Gasteiger partial charge >= 0.3 is 5.97 Å². The van der Waals surface area contributed by atoms with Crippen LogP contribution < -0.4 is 4.89 Å². The van der Waals surface area contributed by atoms with Gasteiger partial charge in [0.1, 0.15) is 12.6 Å². The number of ether oxygens (including phenoxy) is 2. The topological polar surface area (TPSA) is 58.6 Å². The Morgan fingerprint density at radius 1 is 1.10 bits per heavy atom. The number of rotatable bonds is 11. The van der Waals surface area contributed by atoms with Crippen LogP contribution in [-0.4, -0.2) is 37.7 Å². The Morgan fingerprint density at radius 2 is 1.70 bits per heavy atom. The van der Waals surface area contributed by atoms with Gasteiger partial charge in [0, 0.05) is 14.4 Å². The third kappa shape index (κ3) is 14.0. The summed E-state index contributed by atoms with van der Waals surface area (Å²) in [5, 5.41) is 0. The molecule has 0 aromatic carbocycles. The van der Waals surface area contributed by atoms with E-state index >= 15 is 0 Å². The molecular formula is C15H29O4P. The molecule has 0 spiro atoms. The van der Waals surface area contributed by atoms with Gasteiger partial charge < -0.3 is 14.4 Å². The maximum Gasteiger partial charge on any atom is 0.313 e. The highest BCUT2D eigenvalue weighted by Gasteiger charge is 2.05. The van der Waals surface area contributed by atoms with Crippen molar-refractivity contribution in [1.82, 2.24) is 0 Å². The number of hydrogen-bond acceptors (Lipinski definition) is 4. The van der Waals surface area contributed by atoms with Gasteiger partial charge in [-0.15, -0.1) is 0 Å². The standard InChI is InChI=1S/C15H29O4P/c1-13(2)5-8-18-10-12-20(17)11-7-15(16)19-9-6-14(3)4/h11,13-14H,5-10,12H2,1-4H3. The molecule has 0 N–H and O–H groups in total. The van der Waals surface area contributed by atoms with Crippen molar-refractivity contribution >= 4 is 19.5 Å². The fourth-order valence-corrected chi connectivity index (χ4v) is 2.15. The Bertz CT molecular complexity index is 288. The minimum absolute atomic E-state index is 0.124. The van der Waals surface area contributed by atoms with Gasteiger partial charge in [0.25, 0.3) is 0 Å². The van der Waals surface area contributed by atoms with Crippen LogP contribution in [0, 0.1) is 11.8 Å². The van der Waals surface area contributed by atoms with E-state index in [0.29, 0.717) is 37.8 Å². The lowest BCUT2D eigenvalue weighted by Gasteiger charge is -2.06. The van der Waals surface area contributed by atoms with E-state index in [1.165, 1.54) is 0 Å². The van der Waals surface area contributed by atoms with Crippen LogP contribution in [0.2, 0.25) is 0 Å². The molecule has 0 heterocycles. The molecule has 0 radical (unpaired) electrons. The van der Waals surface area contributed by atoms with Crippen molar-refractivity contribution in [2.75, 3.05) is 26.0 Å². The first-order valence-electron chi connectivity index (χ1n) is 7.42. The quantitative estimate of drug-likeness (QED) is 0.334. The fourth-order valence-electron chi connectivity index (χ4n) is 1.31. The van der Waals surface area contributed by atoms with Crippen molar-refractivity contribution in [2.24, 2.45) is 11.8 Å². The molecule has 0 aromatic rings. The zero-order valence-electron chi connectivity index (χ0n) is 13.3. The van der Waals surface area contributed by atoms with Crippen LogP contribution in [0.25, 0.3) is 0 Å². The number of esters is 1. The van der Waals surface area contributed by atoms with E-state index in [1.807, 2.05) is 0 Å². The molecule has 20 heavy (non-hydrogen) atoms. The average Bonchev–Trinajstić information content (AvgIpc) is 2.35. The van der Waals surface area contributed by atoms with Crippen molar-refractivity contribution < 1.29 is 19.2 Å². The Kier molecular flexibility index (Phi) is 12.0. The van der Waals surface area contributed by atoms with E-state index < -0.39 is 7.77 Å². The Hall–Kier alpha value is -0.440. The summed E-state index contributed by atoms with van der Waals surface area (Å²) in [6.45, 7) is 10.1. The van der Waals surface area contributed by atoms with Crippen LogP contribution in [0.5, 0.6) is 0 Å². The molecule has 1 unspecified atom stereocenters. The maximum atomic E-state index is 11.6. The first-order valence-corrected chi connectivity index (χ1v) is 8.93. The second-order valence-electron chi connectivity index (χ2n) is 5.73. The van der Waals surface area contributed by atoms with Crippen molar-refractivity contribution in [3.05, 3.63) is 0 Å². The SMILES string of the molecule is CC(C)CCOCC[P+]([O-])=CCC(=O)OCCC(C)C. The molecule has 0 aliphatic rings. The van der Waals surface area contributed by atoms with E-state index in [2.05, 4.69) is 27.7 Å². The summed E-state index contributed by atoms with van der Waals surface area (Å²) in [4.78, 5) is 23.0. The summed E-state index contributed by atoms with van der Waals surface area (Å²) in [5.41, 5.74) is 0. The van der Waals surface area contributed by atoms with Gasteiger partial charge in [-0.25, -0.2) is 0 Å². The summed E-state index contributed by atoms with van der Waals surface area (Å²) in [7, 11) is -1.47. The second-order valence-corrected chi connectivity index (χ2v) is 7.37. The minimum Gasteiger partial charge on any atom is -0.631 e. The van der Waals surface area contributed by atoms with Crippen LogP contribution in [0.4, 0.5) is 0 Å². The Labute approximate surface area is 124 Å². The molecule has 118 valence electrons. The molecule has 4 nitrogen and oxygen atoms in total. The maximum absolute atomic E-state index is 11.6. The number of carbonyl (C=O) groups is 1. The van der Waals surface area contributed by atoms with Gasteiger partial charge in [0.05, 0.1) is 19.0 Å². The molecular weight excluding hydrogens is 275 g/mol. The van der Waals surface area contributed by atoms with Gasteiger partial charge in [-0.2, -0.15) is 0 Å². The summed E-state index contributed by atoms with van der Waals surface area (Å²) in [5.74, 6) is 2.39. The average molecular weight is 304 g/mol. The first kappa shape index (κ1) is 19.6. The predicted molar refractivity (Wildman–Crippen MR) is 83.2 cm³/mol. The monoisotopic (exact) mass is 304 g/mol. The van der Waals surface area contributed by atoms with Crippen molar-refractivity contribution in [2.45, 2.75) is 47.0 Å². The summed E-state index contributed by atoms with van der Waals surface area (Å²) >= 11 is 0. The molecule has 0 aromatic heterocycles. The van der Waals surface area contributed by atoms with Crippen LogP contribution in [0.1, 0.15) is 47.0 Å². The van der Waals surface area contributed by atoms with Crippen LogP contribution in [0.15, 0.2) is 0 Å². The molecule has 1 atom stereocenters. The van der Waals surface area contributed by atoms with Crippen LogP contribution in [-0.2, 0) is 14.3 Å². The highest BCUT2D eigenvalue weighted by atomic mass is 31.1. The summed E-state index contributed by atoms with van der Waals surface area (Å²) in [6, 6.07) is 0. The largest absolute Gasteiger partial charge is 0.631 e. The van der Waals surface area contributed by atoms with Gasteiger partial charge in [0.2, 0.25) is 0 Å². The molecule has 5 heteroatoms. The molecule has 0 saturated heterocycles. The lowest BCUT2D eigenvalue weighted by atomic mass is 10.1. The van der Waals surface area contributed by atoms with E-state index in [1.54, 1.807) is 5.80 Å². The predicted octanol–water partition coefficient (Wildman–Crippen LogP) is 2.59. The van der Waals surface area contributed by atoms with Crippen LogP contribution in [0.3, 0.4) is 0 Å². The van der Waals surface area contributed by atoms with E-state index in [9.17, 15) is 9.69 Å². The lowest BCUT2D eigenvalue weighted by Crippen LogP contribution is -2.10. The summed E-state index contributed by atoms with van der Waals surface area (Å²) < 4.78 is 10.4. The van der Waals surface area contributed by atoms with E-state index in [-0.39, 0.29) is 12.4 Å². The lowest BCUT2D eigenvalue weighted by molar-refractivity contribution is -0.153. The van der Waals surface area contributed by atoms with Gasteiger partial charge in [-0.05, 0) is 24.7 Å². The normalized spacial score (nSPS) is 12.2. The highest BCUT2D eigenvalue weighted by molar-refractivity contribution is 7.50. The number of hydrogen-bond donors (Lipinski definition) is 0. The molecule has 0 saturated carbocycles. The molecule has 0 aliphatic heterocycles. The van der Waals surface area contributed by atoms with Gasteiger partial charge in [-0.1, -0.05) is 27.7 Å². The van der Waals surface area contributed by atoms with Gasteiger partial charge in [-0.3, -0.25) is 4.79 Å². The zero-order valence-corrected chi connectivity index (χ0v) is 14.2. The third-order valence-electron chi connectivity index (χ3n) is 2.72. The van der Waals surface area contributed by atoms with E-state index in [0.717, 1.165) is 12.8 Å². The van der Waals surface area contributed by atoms with Gasteiger partial charge in [0.15, 0.2) is 0 Å². The summed E-state index contributed by atoms with van der Waals surface area (Å²) in [6.07, 6.45) is 2.48. The van der Waals surface area contributed by atoms with Crippen molar-refractivity contribution in [3.8, 4) is 0 Å². The Balaban J connectivity index is 3.60. The number of carbonyl (C=O) groups excluding carboxylic acids is 1. The molecule has 0 rings (SSSR count). The van der Waals surface area contributed by atoms with Crippen LogP contribution >= 0.6 is 7.77 Å². The zero-order chi connectivity index (χ0) is 15.4. The first-order chi connectivity index (χ1) is 9.41. The fraction of sp³-hybridized carbons (Fsp3) is 0.867. The highest BCUT2D eigenvalue weighted by Crippen LogP contribution is 2.10.